The van der Waals surface area contributed by atoms with Gasteiger partial charge >= 0.3 is 0 Å². The van der Waals surface area contributed by atoms with Crippen LogP contribution in [0.4, 0.5) is 0 Å². The summed E-state index contributed by atoms with van der Waals surface area (Å²) >= 11 is 14.6. The zero-order chi connectivity index (χ0) is 12.3. The lowest BCUT2D eigenvalue weighted by Crippen LogP contribution is -2.27. The van der Waals surface area contributed by atoms with Gasteiger partial charge in [-0.3, -0.25) is 0 Å². The molecule has 0 radical (unpaired) electrons. The van der Waals surface area contributed by atoms with Gasteiger partial charge in [-0.1, -0.05) is 45.2 Å². The molecule has 0 saturated carbocycles. The van der Waals surface area contributed by atoms with E-state index in [2.05, 4.69) is 15.9 Å². The quantitative estimate of drug-likeness (QED) is 0.785. The van der Waals surface area contributed by atoms with E-state index in [0.29, 0.717) is 10.0 Å². The van der Waals surface area contributed by atoms with Crippen molar-refractivity contribution in [2.24, 2.45) is 0 Å². The fourth-order valence-corrected chi connectivity index (χ4v) is 3.09. The third-order valence-corrected chi connectivity index (χ3v) is 5.70. The first-order valence-corrected chi connectivity index (χ1v) is 7.79. The van der Waals surface area contributed by atoms with E-state index >= 15 is 0 Å². The Morgan fingerprint density at radius 3 is 2.50 bits per heavy atom. The number of benzene rings is 1. The van der Waals surface area contributed by atoms with Gasteiger partial charge in [0.15, 0.2) is 0 Å². The smallest absolute Gasteiger partial charge is 0.211 e. The number of alkyl halides is 1. The van der Waals surface area contributed by atoms with Gasteiger partial charge < -0.3 is 0 Å². The number of sulfonamides is 1. The van der Waals surface area contributed by atoms with Crippen molar-refractivity contribution in [1.82, 2.24) is 4.31 Å². The Hall–Kier alpha value is 0.190. The van der Waals surface area contributed by atoms with Crippen molar-refractivity contribution in [3.8, 4) is 0 Å². The molecule has 0 bridgehead atoms. The average Bonchev–Trinajstić information content (AvgIpc) is 2.22. The highest BCUT2D eigenvalue weighted by molar-refractivity contribution is 9.10. The zero-order valence-electron chi connectivity index (χ0n) is 8.45. The lowest BCUT2D eigenvalue weighted by Gasteiger charge is -2.16. The maximum Gasteiger partial charge on any atom is 0.224 e. The molecule has 0 heterocycles. The molecule has 1 rings (SSSR count). The summed E-state index contributed by atoms with van der Waals surface area (Å²) in [6.45, 7) is 0.226. The summed E-state index contributed by atoms with van der Waals surface area (Å²) in [5, 5.41) is 0.990. The first-order chi connectivity index (χ1) is 7.36. The SMILES string of the molecule is CN(Cc1ccc(Cl)cc1Cl)S(=O)(=O)CBr. The second kappa shape index (κ2) is 5.69. The number of halogens is 3. The minimum Gasteiger partial charge on any atom is -0.211 e. The molecule has 90 valence electrons. The molecule has 0 fully saturated rings. The van der Waals surface area contributed by atoms with Crippen LogP contribution in [-0.4, -0.2) is 24.4 Å². The van der Waals surface area contributed by atoms with Crippen molar-refractivity contribution < 1.29 is 8.42 Å². The molecule has 1 aromatic carbocycles. The summed E-state index contributed by atoms with van der Waals surface area (Å²) in [7, 11) is -1.76. The predicted octanol–water partition coefficient (Wildman–Crippen LogP) is 3.11. The minimum atomic E-state index is -3.26. The number of rotatable bonds is 4. The molecular formula is C9H10BrCl2NO2S. The van der Waals surface area contributed by atoms with Crippen LogP contribution in [-0.2, 0) is 16.6 Å². The molecule has 1 aromatic rings. The van der Waals surface area contributed by atoms with Crippen molar-refractivity contribution in [3.05, 3.63) is 33.8 Å². The van der Waals surface area contributed by atoms with Crippen molar-refractivity contribution in [3.63, 3.8) is 0 Å². The van der Waals surface area contributed by atoms with Crippen LogP contribution >= 0.6 is 39.1 Å². The highest BCUT2D eigenvalue weighted by Gasteiger charge is 2.17. The standard InChI is InChI=1S/C9H10BrCl2NO2S/c1-13(16(14,15)6-10)5-7-2-3-8(11)4-9(7)12/h2-4H,5-6H2,1H3. The van der Waals surface area contributed by atoms with Gasteiger partial charge in [0.25, 0.3) is 0 Å². The Balaban J connectivity index is 2.89. The van der Waals surface area contributed by atoms with Crippen molar-refractivity contribution in [2.45, 2.75) is 6.54 Å². The summed E-state index contributed by atoms with van der Waals surface area (Å²) in [5.41, 5.74) is 0.720. The van der Waals surface area contributed by atoms with Crippen LogP contribution in [0.25, 0.3) is 0 Å². The zero-order valence-corrected chi connectivity index (χ0v) is 12.4. The van der Waals surface area contributed by atoms with Gasteiger partial charge in [-0.15, -0.1) is 0 Å². The maximum atomic E-state index is 11.5. The van der Waals surface area contributed by atoms with Gasteiger partial charge in [0, 0.05) is 23.6 Å². The summed E-state index contributed by atoms with van der Waals surface area (Å²) in [6, 6.07) is 4.98. The molecular weight excluding hydrogens is 337 g/mol. The Morgan fingerprint density at radius 2 is 2.00 bits per heavy atom. The normalized spacial score (nSPS) is 12.1. The molecule has 3 nitrogen and oxygen atoms in total. The maximum absolute atomic E-state index is 11.5. The predicted molar refractivity (Wildman–Crippen MR) is 70.6 cm³/mol. The van der Waals surface area contributed by atoms with E-state index in [4.69, 9.17) is 23.2 Å². The third kappa shape index (κ3) is 3.60. The van der Waals surface area contributed by atoms with Crippen molar-refractivity contribution in [1.29, 1.82) is 0 Å². The number of hydrogen-bond acceptors (Lipinski definition) is 2. The van der Waals surface area contributed by atoms with Crippen LogP contribution < -0.4 is 0 Å². The number of nitrogens with zero attached hydrogens (tertiary/aromatic N) is 1. The van der Waals surface area contributed by atoms with E-state index in [1.54, 1.807) is 18.2 Å². The molecule has 0 spiro atoms. The molecule has 0 aliphatic carbocycles. The number of hydrogen-bond donors (Lipinski definition) is 0. The van der Waals surface area contributed by atoms with E-state index in [0.717, 1.165) is 5.56 Å². The van der Waals surface area contributed by atoms with Crippen LogP contribution in [0.1, 0.15) is 5.56 Å². The summed E-state index contributed by atoms with van der Waals surface area (Å²) < 4.78 is 24.1. The Bertz CT molecular complexity index is 478. The van der Waals surface area contributed by atoms with Crippen molar-refractivity contribution in [2.75, 3.05) is 11.7 Å². The molecule has 0 aromatic heterocycles. The van der Waals surface area contributed by atoms with Gasteiger partial charge in [-0.2, -0.15) is 4.31 Å². The van der Waals surface area contributed by atoms with E-state index in [1.807, 2.05) is 0 Å². The lowest BCUT2D eigenvalue weighted by atomic mass is 10.2. The van der Waals surface area contributed by atoms with Gasteiger partial charge in [0.1, 0.15) is 4.66 Å². The lowest BCUT2D eigenvalue weighted by molar-refractivity contribution is 0.471. The molecule has 0 N–H and O–H groups in total. The van der Waals surface area contributed by atoms with Crippen molar-refractivity contribution >= 4 is 49.2 Å². The van der Waals surface area contributed by atoms with Crippen LogP contribution in [0.5, 0.6) is 0 Å². The molecule has 0 atom stereocenters. The van der Waals surface area contributed by atoms with Gasteiger partial charge in [-0.25, -0.2) is 8.42 Å². The third-order valence-electron chi connectivity index (χ3n) is 2.02. The molecule has 0 amide bonds. The average molecular weight is 347 g/mol. The summed E-state index contributed by atoms with van der Waals surface area (Å²) in [5.74, 6) is 0. The van der Waals surface area contributed by atoms with Crippen LogP contribution in [0, 0.1) is 0 Å². The largest absolute Gasteiger partial charge is 0.224 e. The van der Waals surface area contributed by atoms with E-state index in [1.165, 1.54) is 11.4 Å². The second-order valence-electron chi connectivity index (χ2n) is 3.21. The fraction of sp³-hybridized carbons (Fsp3) is 0.333. The first-order valence-electron chi connectivity index (χ1n) is 4.30. The van der Waals surface area contributed by atoms with Gasteiger partial charge in [0.05, 0.1) is 0 Å². The highest BCUT2D eigenvalue weighted by atomic mass is 79.9. The van der Waals surface area contributed by atoms with Crippen LogP contribution in [0.3, 0.4) is 0 Å². The molecule has 0 aliphatic heterocycles. The second-order valence-corrected chi connectivity index (χ2v) is 7.44. The van der Waals surface area contributed by atoms with E-state index in [-0.39, 0.29) is 11.2 Å². The van der Waals surface area contributed by atoms with Crippen LogP contribution in [0.15, 0.2) is 18.2 Å². The van der Waals surface area contributed by atoms with Crippen LogP contribution in [0.2, 0.25) is 10.0 Å². The highest BCUT2D eigenvalue weighted by Crippen LogP contribution is 2.22. The molecule has 0 aliphatic rings. The van der Waals surface area contributed by atoms with Gasteiger partial charge in [0.2, 0.25) is 10.0 Å². The summed E-state index contributed by atoms with van der Waals surface area (Å²) in [4.78, 5) is 0. The molecule has 16 heavy (non-hydrogen) atoms. The summed E-state index contributed by atoms with van der Waals surface area (Å²) in [6.07, 6.45) is 0. The first kappa shape index (κ1) is 14.3. The Kier molecular flexibility index (Phi) is 5.07. The topological polar surface area (TPSA) is 37.4 Å². The van der Waals surface area contributed by atoms with Gasteiger partial charge in [-0.05, 0) is 17.7 Å². The van der Waals surface area contributed by atoms with E-state index in [9.17, 15) is 8.42 Å². The molecule has 0 unspecified atom stereocenters. The van der Waals surface area contributed by atoms with E-state index < -0.39 is 10.0 Å². The monoisotopic (exact) mass is 345 g/mol. The fourth-order valence-electron chi connectivity index (χ4n) is 1.07. The molecule has 7 heteroatoms. The minimum absolute atomic E-state index is 0.109. The Morgan fingerprint density at radius 1 is 1.38 bits per heavy atom. The Labute approximate surface area is 114 Å². The molecule has 0 saturated heterocycles.